The fourth-order valence-corrected chi connectivity index (χ4v) is 6.30. The fourth-order valence-electron chi connectivity index (χ4n) is 6.30. The third-order valence-corrected chi connectivity index (χ3v) is 8.31. The minimum absolute atomic E-state index is 0.0401. The highest BCUT2D eigenvalue weighted by atomic mass is 16.2. The van der Waals surface area contributed by atoms with E-state index in [1.165, 1.54) is 18.4 Å². The number of amides is 1. The first-order chi connectivity index (χ1) is 18.7. The Morgan fingerprint density at radius 3 is 2.68 bits per heavy atom. The second-order valence-electron chi connectivity index (χ2n) is 10.9. The molecule has 3 aromatic heterocycles. The van der Waals surface area contributed by atoms with Crippen molar-refractivity contribution in [1.29, 1.82) is 0 Å². The molecule has 2 atom stereocenters. The lowest BCUT2D eigenvalue weighted by atomic mass is 9.82. The number of hydrogen-bond acceptors (Lipinski definition) is 5. The van der Waals surface area contributed by atoms with Gasteiger partial charge in [-0.25, -0.2) is 4.98 Å². The summed E-state index contributed by atoms with van der Waals surface area (Å²) in [5, 5.41) is 8.12. The van der Waals surface area contributed by atoms with Crippen molar-refractivity contribution in [2.75, 3.05) is 18.4 Å². The van der Waals surface area contributed by atoms with Crippen molar-refractivity contribution in [1.82, 2.24) is 24.5 Å². The summed E-state index contributed by atoms with van der Waals surface area (Å²) in [7, 11) is 0. The SMILES string of the molecule is Cc1cnn2c(NCc3cccnc3)cc(C3CCCN(C(=O)C(c4ccccc4)C4CCCC4)C3)nc12. The van der Waals surface area contributed by atoms with Crippen molar-refractivity contribution in [3.63, 3.8) is 0 Å². The molecule has 1 amide bonds. The predicted octanol–water partition coefficient (Wildman–Crippen LogP) is 5.72. The quantitative estimate of drug-likeness (QED) is 0.345. The van der Waals surface area contributed by atoms with Crippen LogP contribution in [0.3, 0.4) is 0 Å². The highest BCUT2D eigenvalue weighted by molar-refractivity contribution is 5.84. The Bertz CT molecular complexity index is 1380. The normalized spacial score (nSPS) is 19.1. The number of fused-ring (bicyclic) bond motifs is 1. The van der Waals surface area contributed by atoms with E-state index >= 15 is 0 Å². The second-order valence-corrected chi connectivity index (χ2v) is 10.9. The van der Waals surface area contributed by atoms with E-state index in [0.717, 1.165) is 60.5 Å². The van der Waals surface area contributed by atoms with E-state index in [0.29, 0.717) is 24.9 Å². The molecule has 2 fully saturated rings. The molecule has 0 bridgehead atoms. The molecule has 4 aromatic rings. The maximum absolute atomic E-state index is 14.1. The van der Waals surface area contributed by atoms with Crippen LogP contribution < -0.4 is 5.32 Å². The second kappa shape index (κ2) is 10.9. The molecule has 0 spiro atoms. The number of anilines is 1. The van der Waals surface area contributed by atoms with Gasteiger partial charge in [-0.1, -0.05) is 49.2 Å². The molecule has 0 radical (unpaired) electrons. The van der Waals surface area contributed by atoms with Crippen LogP contribution in [0.2, 0.25) is 0 Å². The van der Waals surface area contributed by atoms with Crippen molar-refractivity contribution in [3.05, 3.63) is 89.5 Å². The Kier molecular flexibility index (Phi) is 7.08. The maximum Gasteiger partial charge on any atom is 0.230 e. The lowest BCUT2D eigenvalue weighted by Gasteiger charge is -2.36. The van der Waals surface area contributed by atoms with E-state index in [4.69, 9.17) is 4.98 Å². The van der Waals surface area contributed by atoms with Crippen LogP contribution >= 0.6 is 0 Å². The molecular weight excluding hydrogens is 472 g/mol. The standard InChI is InChI=1S/C31H36N6O/c1-22-18-34-37-28(33-20-23-9-7-15-32-19-23)17-27(35-30(22)37)26-14-8-16-36(21-26)31(38)29(25-12-5-6-13-25)24-10-3-2-4-11-24/h2-4,7,9-11,15,17-19,25-26,29,33H,5-6,8,12-14,16,20-21H2,1H3. The van der Waals surface area contributed by atoms with Crippen molar-refractivity contribution in [3.8, 4) is 0 Å². The van der Waals surface area contributed by atoms with Gasteiger partial charge in [-0.2, -0.15) is 9.61 Å². The summed E-state index contributed by atoms with van der Waals surface area (Å²) in [4.78, 5) is 25.5. The molecule has 1 aliphatic heterocycles. The monoisotopic (exact) mass is 508 g/mol. The average molecular weight is 509 g/mol. The van der Waals surface area contributed by atoms with Gasteiger partial charge in [0.2, 0.25) is 5.91 Å². The molecule has 6 rings (SSSR count). The predicted molar refractivity (Wildman–Crippen MR) is 149 cm³/mol. The molecule has 1 N–H and O–H groups in total. The average Bonchev–Trinajstić information content (AvgIpc) is 3.63. The van der Waals surface area contributed by atoms with Gasteiger partial charge in [-0.05, 0) is 55.7 Å². The van der Waals surface area contributed by atoms with Crippen molar-refractivity contribution in [2.45, 2.75) is 63.8 Å². The number of carbonyl (C=O) groups excluding carboxylic acids is 1. The molecule has 7 nitrogen and oxygen atoms in total. The molecular formula is C31H36N6O. The lowest BCUT2D eigenvalue weighted by Crippen LogP contribution is -2.43. The summed E-state index contributed by atoms with van der Waals surface area (Å²) < 4.78 is 1.88. The molecule has 1 saturated heterocycles. The van der Waals surface area contributed by atoms with Crippen LogP contribution in [0.1, 0.15) is 72.7 Å². The van der Waals surface area contributed by atoms with E-state index in [2.05, 4.69) is 56.7 Å². The minimum Gasteiger partial charge on any atom is -0.366 e. The van der Waals surface area contributed by atoms with E-state index in [1.54, 1.807) is 6.20 Å². The number of aromatic nitrogens is 4. The zero-order chi connectivity index (χ0) is 25.9. The van der Waals surface area contributed by atoms with E-state index in [-0.39, 0.29) is 11.8 Å². The molecule has 4 heterocycles. The first kappa shape index (κ1) is 24.6. The third-order valence-electron chi connectivity index (χ3n) is 8.31. The van der Waals surface area contributed by atoms with Crippen molar-refractivity contribution in [2.24, 2.45) is 5.92 Å². The van der Waals surface area contributed by atoms with Gasteiger partial charge in [0.05, 0.1) is 17.8 Å². The van der Waals surface area contributed by atoms with Crippen LogP contribution in [0.5, 0.6) is 0 Å². The highest BCUT2D eigenvalue weighted by Gasteiger charge is 2.36. The number of hydrogen-bond donors (Lipinski definition) is 1. The lowest BCUT2D eigenvalue weighted by molar-refractivity contribution is -0.135. The summed E-state index contributed by atoms with van der Waals surface area (Å²) in [5.41, 5.74) is 5.22. The smallest absolute Gasteiger partial charge is 0.230 e. The third kappa shape index (κ3) is 5.02. The molecule has 2 aliphatic rings. The minimum atomic E-state index is -0.0401. The Balaban J connectivity index is 1.26. The van der Waals surface area contributed by atoms with Crippen molar-refractivity contribution >= 4 is 17.4 Å². The molecule has 7 heteroatoms. The molecule has 38 heavy (non-hydrogen) atoms. The Morgan fingerprint density at radius 1 is 1.05 bits per heavy atom. The summed E-state index contributed by atoms with van der Waals surface area (Å²) in [6, 6.07) is 16.6. The number of rotatable bonds is 7. The molecule has 196 valence electrons. The summed E-state index contributed by atoms with van der Waals surface area (Å²) in [5.74, 6) is 1.81. The molecule has 1 saturated carbocycles. The van der Waals surface area contributed by atoms with Crippen LogP contribution in [0.25, 0.3) is 5.65 Å². The first-order valence-corrected chi connectivity index (χ1v) is 14.0. The number of aryl methyl sites for hydroxylation is 1. The van der Waals surface area contributed by atoms with Gasteiger partial charge in [0.15, 0.2) is 5.65 Å². The van der Waals surface area contributed by atoms with Crippen LogP contribution in [0.15, 0.2) is 67.1 Å². The maximum atomic E-state index is 14.1. The molecule has 2 unspecified atom stereocenters. The summed E-state index contributed by atoms with van der Waals surface area (Å²) in [6.45, 7) is 4.24. The summed E-state index contributed by atoms with van der Waals surface area (Å²) >= 11 is 0. The van der Waals surface area contributed by atoms with Gasteiger partial charge in [0, 0.05) is 49.6 Å². The largest absolute Gasteiger partial charge is 0.366 e. The number of piperidine rings is 1. The summed E-state index contributed by atoms with van der Waals surface area (Å²) in [6.07, 6.45) is 12.3. The molecule has 1 aliphatic carbocycles. The fraction of sp³-hybridized carbons (Fsp3) is 0.419. The Morgan fingerprint density at radius 2 is 1.89 bits per heavy atom. The van der Waals surface area contributed by atoms with Crippen LogP contribution in [0.4, 0.5) is 5.82 Å². The van der Waals surface area contributed by atoms with Crippen LogP contribution in [-0.4, -0.2) is 43.5 Å². The van der Waals surface area contributed by atoms with Crippen LogP contribution in [0, 0.1) is 12.8 Å². The Hall–Kier alpha value is -3.74. The topological polar surface area (TPSA) is 75.4 Å². The highest BCUT2D eigenvalue weighted by Crippen LogP contribution is 2.40. The van der Waals surface area contributed by atoms with Gasteiger partial charge in [-0.15, -0.1) is 0 Å². The molecule has 1 aromatic carbocycles. The number of nitrogens with zero attached hydrogens (tertiary/aromatic N) is 5. The first-order valence-electron chi connectivity index (χ1n) is 14.0. The van der Waals surface area contributed by atoms with Gasteiger partial charge in [0.25, 0.3) is 0 Å². The van der Waals surface area contributed by atoms with Crippen molar-refractivity contribution < 1.29 is 4.79 Å². The number of nitrogens with one attached hydrogen (secondary N) is 1. The van der Waals surface area contributed by atoms with Gasteiger partial charge in [-0.3, -0.25) is 9.78 Å². The number of likely N-dealkylation sites (tertiary alicyclic amines) is 1. The van der Waals surface area contributed by atoms with E-state index < -0.39 is 0 Å². The van der Waals surface area contributed by atoms with E-state index in [1.807, 2.05) is 36.0 Å². The van der Waals surface area contributed by atoms with Gasteiger partial charge >= 0.3 is 0 Å². The van der Waals surface area contributed by atoms with Crippen LogP contribution in [-0.2, 0) is 11.3 Å². The van der Waals surface area contributed by atoms with E-state index in [9.17, 15) is 4.79 Å². The number of carbonyl (C=O) groups is 1. The number of benzene rings is 1. The zero-order valence-corrected chi connectivity index (χ0v) is 22.1. The Labute approximate surface area is 224 Å². The zero-order valence-electron chi connectivity index (χ0n) is 22.1. The number of pyridine rings is 1. The van der Waals surface area contributed by atoms with Gasteiger partial charge < -0.3 is 10.2 Å². The van der Waals surface area contributed by atoms with Gasteiger partial charge in [0.1, 0.15) is 5.82 Å².